The Bertz CT molecular complexity index is 788. The molecule has 23 heavy (non-hydrogen) atoms. The zero-order chi connectivity index (χ0) is 16.9. The van der Waals surface area contributed by atoms with Gasteiger partial charge < -0.3 is 4.74 Å². The fraction of sp³-hybridized carbons (Fsp3) is 0.188. The molecule has 0 saturated heterocycles. The molecule has 5 nitrogen and oxygen atoms in total. The molecule has 0 bridgehead atoms. The van der Waals surface area contributed by atoms with Crippen LogP contribution >= 0.6 is 11.6 Å². The Hall–Kier alpha value is -1.89. The summed E-state index contributed by atoms with van der Waals surface area (Å²) in [7, 11) is -2.29. The Morgan fingerprint density at radius 3 is 2.43 bits per heavy atom. The topological polar surface area (TPSA) is 72.5 Å². The third kappa shape index (κ3) is 5.06. The van der Waals surface area contributed by atoms with Gasteiger partial charge in [0.2, 0.25) is 10.0 Å². The number of esters is 1. The molecule has 122 valence electrons. The van der Waals surface area contributed by atoms with E-state index in [1.807, 2.05) is 0 Å². The summed E-state index contributed by atoms with van der Waals surface area (Å²) in [5, 5.41) is 0.472. The lowest BCUT2D eigenvalue weighted by molar-refractivity contribution is -0.139. The van der Waals surface area contributed by atoms with Gasteiger partial charge >= 0.3 is 5.97 Å². The first-order valence-corrected chi connectivity index (χ1v) is 8.67. The number of hydrogen-bond acceptors (Lipinski definition) is 4. The molecule has 0 aliphatic carbocycles. The van der Waals surface area contributed by atoms with Crippen LogP contribution < -0.4 is 4.72 Å². The summed E-state index contributed by atoms with van der Waals surface area (Å²) in [4.78, 5) is 11.4. The number of carbonyl (C=O) groups is 1. The molecule has 0 aliphatic heterocycles. The van der Waals surface area contributed by atoms with E-state index in [0.29, 0.717) is 5.02 Å². The Morgan fingerprint density at radius 2 is 1.78 bits per heavy atom. The lowest BCUT2D eigenvalue weighted by Crippen LogP contribution is -2.23. The summed E-state index contributed by atoms with van der Waals surface area (Å²) >= 11 is 5.75. The third-order valence-electron chi connectivity index (χ3n) is 3.16. The molecule has 2 aromatic rings. The zero-order valence-corrected chi connectivity index (χ0v) is 14.0. The van der Waals surface area contributed by atoms with Crippen molar-refractivity contribution in [2.24, 2.45) is 0 Å². The van der Waals surface area contributed by atoms with E-state index in [1.54, 1.807) is 24.3 Å². The zero-order valence-electron chi connectivity index (χ0n) is 12.5. The van der Waals surface area contributed by atoms with Crippen LogP contribution in [0.1, 0.15) is 11.1 Å². The minimum atomic E-state index is -3.62. The highest BCUT2D eigenvalue weighted by atomic mass is 35.5. The van der Waals surface area contributed by atoms with Gasteiger partial charge in [-0.3, -0.25) is 4.79 Å². The van der Waals surface area contributed by atoms with Gasteiger partial charge in [0.1, 0.15) is 0 Å². The highest BCUT2D eigenvalue weighted by Gasteiger charge is 2.13. The van der Waals surface area contributed by atoms with Crippen molar-refractivity contribution in [1.82, 2.24) is 4.72 Å². The van der Waals surface area contributed by atoms with Gasteiger partial charge in [-0.2, -0.15) is 0 Å². The summed E-state index contributed by atoms with van der Waals surface area (Å²) < 4.78 is 31.5. The van der Waals surface area contributed by atoms with Crippen LogP contribution in [-0.2, 0) is 32.5 Å². The van der Waals surface area contributed by atoms with Gasteiger partial charge in [-0.25, -0.2) is 13.1 Å². The molecule has 0 radical (unpaired) electrons. The Labute approximate surface area is 140 Å². The second-order valence-electron chi connectivity index (χ2n) is 4.85. The number of sulfonamides is 1. The number of hydrogen-bond donors (Lipinski definition) is 1. The fourth-order valence-electron chi connectivity index (χ4n) is 1.96. The molecule has 0 saturated carbocycles. The molecule has 2 rings (SSSR count). The number of ether oxygens (including phenoxy) is 1. The molecule has 2 aromatic carbocycles. The van der Waals surface area contributed by atoms with E-state index in [2.05, 4.69) is 9.46 Å². The van der Waals surface area contributed by atoms with E-state index in [-0.39, 0.29) is 23.8 Å². The summed E-state index contributed by atoms with van der Waals surface area (Å²) in [6.07, 6.45) is 0.147. The van der Waals surface area contributed by atoms with Gasteiger partial charge in [-0.1, -0.05) is 35.9 Å². The van der Waals surface area contributed by atoms with Crippen LogP contribution in [0.15, 0.2) is 53.4 Å². The van der Waals surface area contributed by atoms with E-state index >= 15 is 0 Å². The second kappa shape index (κ2) is 7.59. The molecule has 0 atom stereocenters. The molecule has 0 aliphatic rings. The predicted octanol–water partition coefficient (Wildman–Crippen LogP) is 2.53. The van der Waals surface area contributed by atoms with Crippen molar-refractivity contribution < 1.29 is 17.9 Å². The van der Waals surface area contributed by atoms with Crippen LogP contribution in [0.25, 0.3) is 0 Å². The van der Waals surface area contributed by atoms with Crippen molar-refractivity contribution >= 4 is 27.6 Å². The number of nitrogens with one attached hydrogen (secondary N) is 1. The quantitative estimate of drug-likeness (QED) is 0.810. The second-order valence-corrected chi connectivity index (χ2v) is 7.05. The van der Waals surface area contributed by atoms with Gasteiger partial charge in [0, 0.05) is 11.6 Å². The van der Waals surface area contributed by atoms with Crippen LogP contribution in [0.2, 0.25) is 5.02 Å². The largest absolute Gasteiger partial charge is 0.469 e. The summed E-state index contributed by atoms with van der Waals surface area (Å²) in [5.41, 5.74) is 1.52. The first kappa shape index (κ1) is 17.5. The monoisotopic (exact) mass is 353 g/mol. The highest BCUT2D eigenvalue weighted by Crippen LogP contribution is 2.14. The van der Waals surface area contributed by atoms with Crippen LogP contribution in [0.4, 0.5) is 0 Å². The standard InChI is InChI=1S/C16H16ClNO4S/c1-22-16(19)10-12-3-2-4-13(9-12)11-18-23(20,21)15-7-5-14(17)6-8-15/h2-9,18H,10-11H2,1H3. The SMILES string of the molecule is COC(=O)Cc1cccc(CNS(=O)(=O)c2ccc(Cl)cc2)c1. The van der Waals surface area contributed by atoms with Crippen molar-refractivity contribution in [2.45, 2.75) is 17.9 Å². The minimum absolute atomic E-state index is 0.125. The molecule has 7 heteroatoms. The number of benzene rings is 2. The van der Waals surface area contributed by atoms with Gasteiger partial charge in [0.05, 0.1) is 18.4 Å². The summed E-state index contributed by atoms with van der Waals surface area (Å²) in [5.74, 6) is -0.344. The van der Waals surface area contributed by atoms with Gasteiger partial charge in [-0.05, 0) is 35.4 Å². The van der Waals surface area contributed by atoms with Gasteiger partial charge in [-0.15, -0.1) is 0 Å². The molecular formula is C16H16ClNO4S. The average molecular weight is 354 g/mol. The molecule has 0 unspecified atom stereocenters. The van der Waals surface area contributed by atoms with Crippen molar-refractivity contribution in [3.05, 3.63) is 64.7 Å². The molecule has 0 heterocycles. The van der Waals surface area contributed by atoms with E-state index in [0.717, 1.165) is 11.1 Å². The smallest absolute Gasteiger partial charge is 0.309 e. The molecule has 1 N–H and O–H groups in total. The van der Waals surface area contributed by atoms with Crippen molar-refractivity contribution in [3.63, 3.8) is 0 Å². The molecular weight excluding hydrogens is 338 g/mol. The number of carbonyl (C=O) groups excluding carboxylic acids is 1. The lowest BCUT2D eigenvalue weighted by Gasteiger charge is -2.08. The van der Waals surface area contributed by atoms with Crippen LogP contribution in [0, 0.1) is 0 Å². The molecule has 0 amide bonds. The molecule has 0 fully saturated rings. The Kier molecular flexibility index (Phi) is 5.76. The maximum absolute atomic E-state index is 12.2. The summed E-state index contributed by atoms with van der Waals surface area (Å²) in [6.45, 7) is 0.125. The lowest BCUT2D eigenvalue weighted by atomic mass is 10.1. The first-order chi connectivity index (χ1) is 10.9. The maximum atomic E-state index is 12.2. The maximum Gasteiger partial charge on any atom is 0.309 e. The third-order valence-corrected chi connectivity index (χ3v) is 4.83. The van der Waals surface area contributed by atoms with Crippen LogP contribution in [-0.4, -0.2) is 21.5 Å². The van der Waals surface area contributed by atoms with Gasteiger partial charge in [0.15, 0.2) is 0 Å². The van der Waals surface area contributed by atoms with Crippen molar-refractivity contribution in [3.8, 4) is 0 Å². The minimum Gasteiger partial charge on any atom is -0.469 e. The first-order valence-electron chi connectivity index (χ1n) is 6.80. The number of rotatable bonds is 6. The number of halogens is 1. The highest BCUT2D eigenvalue weighted by molar-refractivity contribution is 7.89. The van der Waals surface area contributed by atoms with Crippen molar-refractivity contribution in [2.75, 3.05) is 7.11 Å². The molecule has 0 aromatic heterocycles. The normalized spacial score (nSPS) is 11.2. The van der Waals surface area contributed by atoms with Crippen LogP contribution in [0.3, 0.4) is 0 Å². The van der Waals surface area contributed by atoms with Crippen molar-refractivity contribution in [1.29, 1.82) is 0 Å². The van der Waals surface area contributed by atoms with E-state index < -0.39 is 10.0 Å². The Balaban J connectivity index is 2.06. The van der Waals surface area contributed by atoms with Crippen LogP contribution in [0.5, 0.6) is 0 Å². The fourth-order valence-corrected chi connectivity index (χ4v) is 3.11. The van der Waals surface area contributed by atoms with E-state index in [1.165, 1.54) is 31.4 Å². The Morgan fingerprint density at radius 1 is 1.13 bits per heavy atom. The average Bonchev–Trinajstić information content (AvgIpc) is 2.54. The van der Waals surface area contributed by atoms with E-state index in [4.69, 9.17) is 11.6 Å². The van der Waals surface area contributed by atoms with Gasteiger partial charge in [0.25, 0.3) is 0 Å². The molecule has 0 spiro atoms. The summed E-state index contributed by atoms with van der Waals surface area (Å²) in [6, 6.07) is 13.0. The number of methoxy groups -OCH3 is 1. The van der Waals surface area contributed by atoms with E-state index in [9.17, 15) is 13.2 Å². The predicted molar refractivity (Wildman–Crippen MR) is 87.6 cm³/mol.